The van der Waals surface area contributed by atoms with Gasteiger partial charge in [-0.25, -0.2) is 0 Å². The van der Waals surface area contributed by atoms with E-state index in [0.717, 1.165) is 24.8 Å². The van der Waals surface area contributed by atoms with Gasteiger partial charge in [-0.05, 0) is 43.2 Å². The molecule has 1 aliphatic carbocycles. The van der Waals surface area contributed by atoms with Gasteiger partial charge in [-0.3, -0.25) is 9.59 Å². The molecule has 24 heavy (non-hydrogen) atoms. The summed E-state index contributed by atoms with van der Waals surface area (Å²) in [4.78, 5) is 26.2. The van der Waals surface area contributed by atoms with Crippen molar-refractivity contribution in [3.63, 3.8) is 0 Å². The lowest BCUT2D eigenvalue weighted by atomic mass is 9.95. The van der Waals surface area contributed by atoms with Crippen LogP contribution in [0.1, 0.15) is 43.4 Å². The van der Waals surface area contributed by atoms with E-state index >= 15 is 0 Å². The summed E-state index contributed by atoms with van der Waals surface area (Å²) in [7, 11) is 0. The van der Waals surface area contributed by atoms with Gasteiger partial charge in [-0.2, -0.15) is 0 Å². The molecule has 0 spiro atoms. The SMILES string of the molecule is CCOC(=O)CN(CC1CC1)C(=O)CC1OCCc2ccccc21. The first kappa shape index (κ1) is 17.0. The number of esters is 1. The van der Waals surface area contributed by atoms with E-state index < -0.39 is 0 Å². The highest BCUT2D eigenvalue weighted by Crippen LogP contribution is 2.32. The summed E-state index contributed by atoms with van der Waals surface area (Å²) in [5.74, 6) is 0.163. The molecule has 3 rings (SSSR count). The highest BCUT2D eigenvalue weighted by molar-refractivity contribution is 5.82. The number of hydrogen-bond acceptors (Lipinski definition) is 4. The lowest BCUT2D eigenvalue weighted by molar-refractivity contribution is -0.150. The van der Waals surface area contributed by atoms with Crippen molar-refractivity contribution in [2.24, 2.45) is 5.92 Å². The van der Waals surface area contributed by atoms with Crippen LogP contribution in [0.25, 0.3) is 0 Å². The van der Waals surface area contributed by atoms with Gasteiger partial charge in [0, 0.05) is 6.54 Å². The van der Waals surface area contributed by atoms with Crippen LogP contribution in [-0.4, -0.2) is 43.1 Å². The third kappa shape index (κ3) is 4.35. The maximum Gasteiger partial charge on any atom is 0.325 e. The summed E-state index contributed by atoms with van der Waals surface area (Å²) < 4.78 is 10.8. The number of fused-ring (bicyclic) bond motifs is 1. The Kier molecular flexibility index (Phi) is 5.51. The van der Waals surface area contributed by atoms with Crippen LogP contribution in [0.5, 0.6) is 0 Å². The molecule has 1 fully saturated rings. The summed E-state index contributed by atoms with van der Waals surface area (Å²) in [6.45, 7) is 3.43. The van der Waals surface area contributed by atoms with Crippen molar-refractivity contribution in [1.29, 1.82) is 0 Å². The molecule has 0 aromatic heterocycles. The lowest BCUT2D eigenvalue weighted by Crippen LogP contribution is -2.39. The first-order valence-corrected chi connectivity index (χ1v) is 8.80. The fraction of sp³-hybridized carbons (Fsp3) is 0.579. The first-order valence-electron chi connectivity index (χ1n) is 8.80. The van der Waals surface area contributed by atoms with Gasteiger partial charge in [0.15, 0.2) is 0 Å². The molecule has 0 saturated heterocycles. The Morgan fingerprint density at radius 3 is 2.83 bits per heavy atom. The topological polar surface area (TPSA) is 55.8 Å². The van der Waals surface area contributed by atoms with Crippen molar-refractivity contribution in [1.82, 2.24) is 4.90 Å². The van der Waals surface area contributed by atoms with Crippen LogP contribution >= 0.6 is 0 Å². The summed E-state index contributed by atoms with van der Waals surface area (Å²) in [5, 5.41) is 0. The van der Waals surface area contributed by atoms with E-state index in [1.165, 1.54) is 5.56 Å². The lowest BCUT2D eigenvalue weighted by Gasteiger charge is -2.28. The summed E-state index contributed by atoms with van der Waals surface area (Å²) in [6.07, 6.45) is 3.22. The molecule has 1 aromatic rings. The normalized spacial score (nSPS) is 19.5. The molecule has 1 atom stereocenters. The van der Waals surface area contributed by atoms with Gasteiger partial charge in [0.05, 0.1) is 25.7 Å². The predicted octanol–water partition coefficient (Wildman–Crippen LogP) is 2.49. The summed E-state index contributed by atoms with van der Waals surface area (Å²) >= 11 is 0. The number of amides is 1. The van der Waals surface area contributed by atoms with Crippen molar-refractivity contribution < 1.29 is 19.1 Å². The second-order valence-corrected chi connectivity index (χ2v) is 6.54. The molecule has 1 aliphatic heterocycles. The summed E-state index contributed by atoms with van der Waals surface area (Å²) in [5.41, 5.74) is 2.35. The number of carbonyl (C=O) groups excluding carboxylic acids is 2. The summed E-state index contributed by atoms with van der Waals surface area (Å²) in [6, 6.07) is 8.12. The smallest absolute Gasteiger partial charge is 0.325 e. The zero-order valence-electron chi connectivity index (χ0n) is 14.2. The molecule has 130 valence electrons. The highest BCUT2D eigenvalue weighted by Gasteiger charge is 2.31. The molecule has 1 aromatic carbocycles. The van der Waals surface area contributed by atoms with Crippen LogP contribution in [0.3, 0.4) is 0 Å². The Labute approximate surface area is 142 Å². The van der Waals surface area contributed by atoms with E-state index in [-0.39, 0.29) is 30.9 Å². The molecule has 1 amide bonds. The van der Waals surface area contributed by atoms with Gasteiger partial charge in [0.25, 0.3) is 0 Å². The minimum Gasteiger partial charge on any atom is -0.465 e. The van der Waals surface area contributed by atoms with Gasteiger partial charge in [0.2, 0.25) is 5.91 Å². The zero-order valence-corrected chi connectivity index (χ0v) is 14.2. The maximum absolute atomic E-state index is 12.8. The average Bonchev–Trinajstić information content (AvgIpc) is 3.39. The van der Waals surface area contributed by atoms with E-state index in [0.29, 0.717) is 25.7 Å². The van der Waals surface area contributed by atoms with Crippen molar-refractivity contribution in [2.75, 3.05) is 26.3 Å². The third-order valence-electron chi connectivity index (χ3n) is 4.61. The fourth-order valence-corrected chi connectivity index (χ4v) is 3.16. The van der Waals surface area contributed by atoms with Gasteiger partial charge >= 0.3 is 5.97 Å². The Morgan fingerprint density at radius 2 is 2.08 bits per heavy atom. The molecule has 0 N–H and O–H groups in total. The number of ether oxygens (including phenoxy) is 2. The second kappa shape index (κ2) is 7.79. The number of hydrogen-bond donors (Lipinski definition) is 0. The van der Waals surface area contributed by atoms with Crippen LogP contribution in [0.2, 0.25) is 0 Å². The molecule has 5 heteroatoms. The Morgan fingerprint density at radius 1 is 1.29 bits per heavy atom. The molecule has 5 nitrogen and oxygen atoms in total. The average molecular weight is 331 g/mol. The van der Waals surface area contributed by atoms with Gasteiger partial charge < -0.3 is 14.4 Å². The van der Waals surface area contributed by atoms with Crippen molar-refractivity contribution in [3.05, 3.63) is 35.4 Å². The number of rotatable bonds is 7. The van der Waals surface area contributed by atoms with Gasteiger partial charge in [-0.1, -0.05) is 24.3 Å². The minimum atomic E-state index is -0.337. The van der Waals surface area contributed by atoms with E-state index in [4.69, 9.17) is 9.47 Å². The molecule has 1 heterocycles. The largest absolute Gasteiger partial charge is 0.465 e. The van der Waals surface area contributed by atoms with E-state index in [9.17, 15) is 9.59 Å². The molecule has 2 aliphatic rings. The quantitative estimate of drug-likeness (QED) is 0.720. The maximum atomic E-state index is 12.8. The molecule has 1 saturated carbocycles. The molecule has 0 bridgehead atoms. The fourth-order valence-electron chi connectivity index (χ4n) is 3.16. The van der Waals surface area contributed by atoms with E-state index in [1.54, 1.807) is 11.8 Å². The van der Waals surface area contributed by atoms with E-state index in [1.807, 2.05) is 18.2 Å². The number of carbonyl (C=O) groups is 2. The number of nitrogens with zero attached hydrogens (tertiary/aromatic N) is 1. The van der Waals surface area contributed by atoms with Crippen molar-refractivity contribution in [3.8, 4) is 0 Å². The van der Waals surface area contributed by atoms with Crippen LogP contribution in [-0.2, 0) is 25.5 Å². The number of benzene rings is 1. The third-order valence-corrected chi connectivity index (χ3v) is 4.61. The van der Waals surface area contributed by atoms with Crippen LogP contribution in [0.15, 0.2) is 24.3 Å². The van der Waals surface area contributed by atoms with Gasteiger partial charge in [0.1, 0.15) is 6.54 Å². The van der Waals surface area contributed by atoms with E-state index in [2.05, 4.69) is 6.07 Å². The molecular weight excluding hydrogens is 306 g/mol. The molecule has 1 unspecified atom stereocenters. The standard InChI is InChI=1S/C19H25NO4/c1-2-23-19(22)13-20(12-14-7-8-14)18(21)11-17-16-6-4-3-5-15(16)9-10-24-17/h3-6,14,17H,2,7-13H2,1H3. The Hall–Kier alpha value is -1.88. The monoisotopic (exact) mass is 331 g/mol. The minimum absolute atomic E-state index is 0.0309. The zero-order chi connectivity index (χ0) is 16.9. The van der Waals surface area contributed by atoms with Gasteiger partial charge in [-0.15, -0.1) is 0 Å². The molecular formula is C19H25NO4. The Bertz CT molecular complexity index is 597. The van der Waals surface area contributed by atoms with Crippen LogP contribution in [0.4, 0.5) is 0 Å². The van der Waals surface area contributed by atoms with Crippen LogP contribution < -0.4 is 0 Å². The second-order valence-electron chi connectivity index (χ2n) is 6.54. The first-order chi connectivity index (χ1) is 11.7. The predicted molar refractivity (Wildman–Crippen MR) is 89.4 cm³/mol. The Balaban J connectivity index is 1.65. The van der Waals surface area contributed by atoms with Crippen molar-refractivity contribution in [2.45, 2.75) is 38.7 Å². The van der Waals surface area contributed by atoms with Crippen molar-refractivity contribution >= 4 is 11.9 Å². The molecule has 0 radical (unpaired) electrons. The van der Waals surface area contributed by atoms with Crippen LogP contribution in [0, 0.1) is 5.92 Å². The highest BCUT2D eigenvalue weighted by atomic mass is 16.5.